The van der Waals surface area contributed by atoms with Gasteiger partial charge in [-0.1, -0.05) is 39.0 Å². The van der Waals surface area contributed by atoms with Crippen LogP contribution in [0.2, 0.25) is 0 Å². The number of carbonyl (C=O) groups excluding carboxylic acids is 1. The number of carbonyl (C=O) groups is 1. The minimum absolute atomic E-state index is 0.0972. The van der Waals surface area contributed by atoms with Gasteiger partial charge in [0.05, 0.1) is 11.0 Å². The van der Waals surface area contributed by atoms with Crippen LogP contribution in [0.3, 0.4) is 0 Å². The molecule has 30 heavy (non-hydrogen) atoms. The molecule has 0 atom stereocenters. The van der Waals surface area contributed by atoms with Crippen LogP contribution in [0.25, 0.3) is 0 Å². The van der Waals surface area contributed by atoms with Crippen molar-refractivity contribution in [1.82, 2.24) is 4.98 Å². The lowest BCUT2D eigenvalue weighted by Crippen LogP contribution is -2.46. The lowest BCUT2D eigenvalue weighted by atomic mass is 9.68. The van der Waals surface area contributed by atoms with E-state index in [0.717, 1.165) is 18.7 Å². The normalized spacial score (nSPS) is 26.9. The highest BCUT2D eigenvalue weighted by molar-refractivity contribution is 6.00. The van der Waals surface area contributed by atoms with Gasteiger partial charge in [-0.25, -0.2) is 4.98 Å². The average molecular weight is 409 g/mol. The fourth-order valence-corrected chi connectivity index (χ4v) is 4.65. The fraction of sp³-hybridized carbons (Fsp3) is 0.520. The van der Waals surface area contributed by atoms with Crippen LogP contribution in [-0.2, 0) is 10.2 Å². The van der Waals surface area contributed by atoms with Crippen LogP contribution in [-0.4, -0.2) is 34.8 Å². The van der Waals surface area contributed by atoms with Crippen LogP contribution >= 0.6 is 0 Å². The van der Waals surface area contributed by atoms with E-state index in [9.17, 15) is 9.90 Å². The van der Waals surface area contributed by atoms with Gasteiger partial charge in [-0.15, -0.1) is 0 Å². The van der Waals surface area contributed by atoms with Gasteiger partial charge in [-0.2, -0.15) is 0 Å². The summed E-state index contributed by atoms with van der Waals surface area (Å²) in [5.74, 6) is 0.728. The number of anilines is 1. The number of hydrogen-bond donors (Lipinski definition) is 1. The molecule has 0 radical (unpaired) electrons. The Bertz CT molecular complexity index is 879. The van der Waals surface area contributed by atoms with E-state index in [1.807, 2.05) is 17.0 Å². The molecule has 1 N–H and O–H groups in total. The Labute approximate surface area is 179 Å². The molecular weight excluding hydrogens is 376 g/mol. The molecule has 0 unspecified atom stereocenters. The number of aromatic nitrogens is 1. The van der Waals surface area contributed by atoms with Crippen molar-refractivity contribution in [3.05, 3.63) is 54.2 Å². The van der Waals surface area contributed by atoms with Gasteiger partial charge in [0.25, 0.3) is 0 Å². The zero-order valence-electron chi connectivity index (χ0n) is 18.2. The predicted octanol–water partition coefficient (Wildman–Crippen LogP) is 4.49. The first kappa shape index (κ1) is 20.9. The zero-order chi connectivity index (χ0) is 21.4. The van der Waals surface area contributed by atoms with Gasteiger partial charge in [0.2, 0.25) is 11.8 Å². The molecule has 5 nitrogen and oxygen atoms in total. The van der Waals surface area contributed by atoms with Gasteiger partial charge in [0.15, 0.2) is 0 Å². The molecule has 160 valence electrons. The van der Waals surface area contributed by atoms with Crippen molar-refractivity contribution in [3.63, 3.8) is 0 Å². The Hall–Kier alpha value is -2.40. The topological polar surface area (TPSA) is 62.7 Å². The minimum Gasteiger partial charge on any atom is -0.475 e. The van der Waals surface area contributed by atoms with Crippen molar-refractivity contribution in [2.24, 2.45) is 5.41 Å². The van der Waals surface area contributed by atoms with Crippen LogP contribution in [0, 0.1) is 5.41 Å². The van der Waals surface area contributed by atoms with Gasteiger partial charge in [0.1, 0.15) is 6.61 Å². The maximum Gasteiger partial charge on any atom is 0.233 e. The van der Waals surface area contributed by atoms with E-state index in [1.165, 1.54) is 5.56 Å². The van der Waals surface area contributed by atoms with E-state index in [4.69, 9.17) is 4.74 Å². The first-order valence-corrected chi connectivity index (χ1v) is 10.9. The number of pyridine rings is 1. The molecule has 2 heterocycles. The summed E-state index contributed by atoms with van der Waals surface area (Å²) in [7, 11) is 0. The van der Waals surface area contributed by atoms with Crippen molar-refractivity contribution in [3.8, 4) is 5.88 Å². The summed E-state index contributed by atoms with van der Waals surface area (Å²) in [6.45, 7) is 7.54. The van der Waals surface area contributed by atoms with E-state index in [2.05, 4.69) is 50.0 Å². The highest BCUT2D eigenvalue weighted by Crippen LogP contribution is 2.48. The van der Waals surface area contributed by atoms with Gasteiger partial charge < -0.3 is 14.7 Å². The molecule has 1 saturated heterocycles. The Morgan fingerprint density at radius 2 is 1.73 bits per heavy atom. The fourth-order valence-electron chi connectivity index (χ4n) is 4.65. The number of benzene rings is 1. The zero-order valence-corrected chi connectivity index (χ0v) is 18.2. The summed E-state index contributed by atoms with van der Waals surface area (Å²) in [5.41, 5.74) is 1.09. The Morgan fingerprint density at radius 1 is 1.03 bits per heavy atom. The van der Waals surface area contributed by atoms with Gasteiger partial charge >= 0.3 is 0 Å². The smallest absolute Gasteiger partial charge is 0.233 e. The second kappa shape index (κ2) is 7.69. The number of aliphatic hydroxyl groups is 1. The maximum absolute atomic E-state index is 13.4. The third-order valence-corrected chi connectivity index (χ3v) is 6.82. The number of rotatable bonds is 4. The summed E-state index contributed by atoms with van der Waals surface area (Å²) < 4.78 is 5.70. The molecule has 1 aromatic heterocycles. The monoisotopic (exact) mass is 408 g/mol. The van der Waals surface area contributed by atoms with Crippen molar-refractivity contribution < 1.29 is 14.6 Å². The molecule has 2 aliphatic rings. The largest absolute Gasteiger partial charge is 0.475 e. The standard InChI is InChI=1S/C25H32N2O3/c1-23(2,3)19-7-9-20(10-8-19)27-17-15-24(22(27)28)11-13-25(29,14-12-24)18-30-21-6-4-5-16-26-21/h4-10,16,29H,11-15,17-18H2,1-3H3. The van der Waals surface area contributed by atoms with Gasteiger partial charge in [-0.05, 0) is 61.3 Å². The second-order valence-electron chi connectivity index (χ2n) is 9.96. The summed E-state index contributed by atoms with van der Waals surface area (Å²) in [6, 6.07) is 13.9. The summed E-state index contributed by atoms with van der Waals surface area (Å²) in [4.78, 5) is 19.4. The van der Waals surface area contributed by atoms with Crippen molar-refractivity contribution in [1.29, 1.82) is 0 Å². The molecule has 1 aliphatic carbocycles. The van der Waals surface area contributed by atoms with E-state index in [-0.39, 0.29) is 23.3 Å². The molecule has 2 fully saturated rings. The summed E-state index contributed by atoms with van der Waals surface area (Å²) in [5, 5.41) is 11.0. The van der Waals surface area contributed by atoms with E-state index in [0.29, 0.717) is 31.6 Å². The van der Waals surface area contributed by atoms with Gasteiger partial charge in [-0.3, -0.25) is 4.79 Å². The van der Waals surface area contributed by atoms with Crippen LogP contribution < -0.4 is 9.64 Å². The van der Waals surface area contributed by atoms with E-state index in [1.54, 1.807) is 12.3 Å². The van der Waals surface area contributed by atoms with Crippen LogP contribution in [0.15, 0.2) is 48.7 Å². The van der Waals surface area contributed by atoms with Crippen LogP contribution in [0.1, 0.15) is 58.4 Å². The molecule has 1 saturated carbocycles. The molecule has 1 spiro atoms. The third-order valence-electron chi connectivity index (χ3n) is 6.82. The molecule has 4 rings (SSSR count). The lowest BCUT2D eigenvalue weighted by Gasteiger charge is -2.40. The molecular formula is C25H32N2O3. The predicted molar refractivity (Wildman–Crippen MR) is 118 cm³/mol. The minimum atomic E-state index is -0.898. The number of ether oxygens (including phenoxy) is 1. The molecule has 1 amide bonds. The first-order chi connectivity index (χ1) is 14.2. The first-order valence-electron chi connectivity index (χ1n) is 10.9. The van der Waals surface area contributed by atoms with Crippen molar-refractivity contribution in [2.45, 2.75) is 63.9 Å². The third kappa shape index (κ3) is 4.08. The lowest BCUT2D eigenvalue weighted by molar-refractivity contribution is -0.132. The highest BCUT2D eigenvalue weighted by Gasteiger charge is 2.51. The Morgan fingerprint density at radius 3 is 2.33 bits per heavy atom. The van der Waals surface area contributed by atoms with E-state index >= 15 is 0 Å². The van der Waals surface area contributed by atoms with E-state index < -0.39 is 5.60 Å². The number of nitrogens with zero attached hydrogens (tertiary/aromatic N) is 2. The van der Waals surface area contributed by atoms with Gasteiger partial charge in [0, 0.05) is 24.5 Å². The maximum atomic E-state index is 13.4. The summed E-state index contributed by atoms with van der Waals surface area (Å²) >= 11 is 0. The number of hydrogen-bond acceptors (Lipinski definition) is 4. The molecule has 1 aliphatic heterocycles. The molecule has 2 aromatic rings. The summed E-state index contributed by atoms with van der Waals surface area (Å²) in [6.07, 6.45) is 5.07. The highest BCUT2D eigenvalue weighted by atomic mass is 16.5. The second-order valence-corrected chi connectivity index (χ2v) is 9.96. The van der Waals surface area contributed by atoms with Crippen molar-refractivity contribution in [2.75, 3.05) is 18.1 Å². The van der Waals surface area contributed by atoms with Crippen LogP contribution in [0.4, 0.5) is 5.69 Å². The van der Waals surface area contributed by atoms with Crippen LogP contribution in [0.5, 0.6) is 5.88 Å². The Balaban J connectivity index is 1.39. The molecule has 0 bridgehead atoms. The average Bonchev–Trinajstić information content (AvgIpc) is 3.06. The van der Waals surface area contributed by atoms with Crippen molar-refractivity contribution >= 4 is 11.6 Å². The Kier molecular flexibility index (Phi) is 5.35. The molecule has 5 heteroatoms. The number of amides is 1. The SMILES string of the molecule is CC(C)(C)c1ccc(N2CCC3(CCC(O)(COc4ccccn4)CC3)C2=O)cc1. The molecule has 1 aromatic carbocycles. The quantitative estimate of drug-likeness (QED) is 0.810.